The van der Waals surface area contributed by atoms with E-state index in [9.17, 15) is 5.11 Å². The highest BCUT2D eigenvalue weighted by molar-refractivity contribution is 5.24. The minimum absolute atomic E-state index is 0.0121. The van der Waals surface area contributed by atoms with E-state index in [0.717, 1.165) is 24.3 Å². The maximum atomic E-state index is 9.22. The van der Waals surface area contributed by atoms with Gasteiger partial charge in [0.2, 0.25) is 5.88 Å². The van der Waals surface area contributed by atoms with Crippen LogP contribution in [-0.4, -0.2) is 16.2 Å². The highest BCUT2D eigenvalue weighted by Crippen LogP contribution is 2.32. The minimum Gasteiger partial charge on any atom is -0.474 e. The van der Waals surface area contributed by atoms with Gasteiger partial charge in [-0.05, 0) is 43.2 Å². The van der Waals surface area contributed by atoms with Crippen LogP contribution in [0.1, 0.15) is 38.7 Å². The lowest BCUT2D eigenvalue weighted by Crippen LogP contribution is -2.29. The fourth-order valence-electron chi connectivity index (χ4n) is 2.41. The Hall–Kier alpha value is -1.09. The van der Waals surface area contributed by atoms with Crippen LogP contribution in [0.3, 0.4) is 0 Å². The van der Waals surface area contributed by atoms with E-state index in [1.807, 2.05) is 12.1 Å². The fraction of sp³-hybridized carbons (Fsp3) is 0.643. The van der Waals surface area contributed by atoms with E-state index in [0.29, 0.717) is 11.8 Å². The standard InChI is InChI=1S/C14H21NO2/c1-10-5-6-13(8-11(10)2)17-14-12(9-16)4-3-7-15-14/h3-4,7,10-11,13,16H,5-6,8-9H2,1-2H3. The molecule has 1 fully saturated rings. The van der Waals surface area contributed by atoms with E-state index in [-0.39, 0.29) is 12.7 Å². The molecule has 0 aliphatic heterocycles. The Morgan fingerprint density at radius 1 is 1.35 bits per heavy atom. The maximum absolute atomic E-state index is 9.22. The number of hydrogen-bond donors (Lipinski definition) is 1. The molecule has 1 heterocycles. The van der Waals surface area contributed by atoms with E-state index < -0.39 is 0 Å². The molecule has 0 amide bonds. The zero-order valence-corrected chi connectivity index (χ0v) is 10.6. The third-order valence-corrected chi connectivity index (χ3v) is 3.85. The third kappa shape index (κ3) is 2.97. The van der Waals surface area contributed by atoms with E-state index >= 15 is 0 Å². The van der Waals surface area contributed by atoms with Gasteiger partial charge in [0.05, 0.1) is 6.61 Å². The van der Waals surface area contributed by atoms with E-state index in [1.165, 1.54) is 6.42 Å². The molecule has 0 radical (unpaired) electrons. The van der Waals surface area contributed by atoms with Gasteiger partial charge in [-0.25, -0.2) is 4.98 Å². The van der Waals surface area contributed by atoms with E-state index in [4.69, 9.17) is 4.74 Å². The highest BCUT2D eigenvalue weighted by Gasteiger charge is 2.26. The van der Waals surface area contributed by atoms with Gasteiger partial charge < -0.3 is 9.84 Å². The smallest absolute Gasteiger partial charge is 0.219 e. The van der Waals surface area contributed by atoms with Gasteiger partial charge in [0.15, 0.2) is 0 Å². The predicted octanol–water partition coefficient (Wildman–Crippen LogP) is 2.78. The number of aromatic nitrogens is 1. The third-order valence-electron chi connectivity index (χ3n) is 3.85. The average Bonchev–Trinajstić information content (AvgIpc) is 2.34. The van der Waals surface area contributed by atoms with Gasteiger partial charge >= 0.3 is 0 Å². The van der Waals surface area contributed by atoms with Gasteiger partial charge in [-0.15, -0.1) is 0 Å². The summed E-state index contributed by atoms with van der Waals surface area (Å²) in [4.78, 5) is 4.21. The highest BCUT2D eigenvalue weighted by atomic mass is 16.5. The van der Waals surface area contributed by atoms with Crippen molar-refractivity contribution in [2.24, 2.45) is 11.8 Å². The topological polar surface area (TPSA) is 42.4 Å². The summed E-state index contributed by atoms with van der Waals surface area (Å²) in [5.41, 5.74) is 0.777. The fourth-order valence-corrected chi connectivity index (χ4v) is 2.41. The Labute approximate surface area is 103 Å². The Balaban J connectivity index is 2.01. The first-order valence-corrected chi connectivity index (χ1v) is 6.42. The number of nitrogens with zero attached hydrogens (tertiary/aromatic N) is 1. The van der Waals surface area contributed by atoms with Crippen molar-refractivity contribution in [3.8, 4) is 5.88 Å². The molecule has 94 valence electrons. The second-order valence-corrected chi connectivity index (χ2v) is 5.13. The first kappa shape index (κ1) is 12.4. The Morgan fingerprint density at radius 2 is 2.18 bits per heavy atom. The zero-order chi connectivity index (χ0) is 12.3. The Bertz CT molecular complexity index is 367. The molecule has 3 unspecified atom stereocenters. The first-order chi connectivity index (χ1) is 8.20. The predicted molar refractivity (Wildman–Crippen MR) is 66.8 cm³/mol. The number of pyridine rings is 1. The number of rotatable bonds is 3. The molecule has 0 spiro atoms. The second-order valence-electron chi connectivity index (χ2n) is 5.13. The number of aliphatic hydroxyl groups excluding tert-OH is 1. The van der Waals surface area contributed by atoms with Gasteiger partial charge in [0, 0.05) is 11.8 Å². The molecule has 0 aromatic carbocycles. The molecule has 0 bridgehead atoms. The molecule has 1 saturated carbocycles. The summed E-state index contributed by atoms with van der Waals surface area (Å²) in [5.74, 6) is 2.09. The second kappa shape index (κ2) is 5.50. The molecule has 17 heavy (non-hydrogen) atoms. The number of ether oxygens (including phenoxy) is 1. The zero-order valence-electron chi connectivity index (χ0n) is 10.6. The van der Waals surface area contributed by atoms with Crippen LogP contribution in [0.4, 0.5) is 0 Å². The van der Waals surface area contributed by atoms with Gasteiger partial charge in [0.1, 0.15) is 6.10 Å². The molecule has 1 aromatic heterocycles. The van der Waals surface area contributed by atoms with Crippen LogP contribution in [0.2, 0.25) is 0 Å². The van der Waals surface area contributed by atoms with Crippen LogP contribution in [0, 0.1) is 11.8 Å². The summed E-state index contributed by atoms with van der Waals surface area (Å²) in [6, 6.07) is 3.68. The van der Waals surface area contributed by atoms with Crippen molar-refractivity contribution < 1.29 is 9.84 Å². The molecule has 1 aliphatic rings. The lowest BCUT2D eigenvalue weighted by Gasteiger charge is -2.32. The van der Waals surface area contributed by atoms with Crippen molar-refractivity contribution in [3.05, 3.63) is 23.9 Å². The lowest BCUT2D eigenvalue weighted by atomic mass is 9.80. The first-order valence-electron chi connectivity index (χ1n) is 6.42. The lowest BCUT2D eigenvalue weighted by molar-refractivity contribution is 0.0938. The minimum atomic E-state index is -0.0121. The molecular weight excluding hydrogens is 214 g/mol. The quantitative estimate of drug-likeness (QED) is 0.876. The maximum Gasteiger partial charge on any atom is 0.219 e. The van der Waals surface area contributed by atoms with E-state index in [2.05, 4.69) is 18.8 Å². The van der Waals surface area contributed by atoms with E-state index in [1.54, 1.807) is 6.20 Å². The summed E-state index contributed by atoms with van der Waals surface area (Å²) >= 11 is 0. The number of hydrogen-bond acceptors (Lipinski definition) is 3. The van der Waals surface area contributed by atoms with Crippen molar-refractivity contribution in [1.29, 1.82) is 0 Å². The monoisotopic (exact) mass is 235 g/mol. The van der Waals surface area contributed by atoms with Crippen LogP contribution in [0.25, 0.3) is 0 Å². The van der Waals surface area contributed by atoms with Crippen molar-refractivity contribution >= 4 is 0 Å². The molecule has 3 nitrogen and oxygen atoms in total. The molecule has 1 N–H and O–H groups in total. The van der Waals surface area contributed by atoms with Crippen LogP contribution >= 0.6 is 0 Å². The van der Waals surface area contributed by atoms with Crippen LogP contribution < -0.4 is 4.74 Å². The van der Waals surface area contributed by atoms with Gasteiger partial charge in [-0.2, -0.15) is 0 Å². The normalized spacial score (nSPS) is 29.0. The summed E-state index contributed by atoms with van der Waals surface area (Å²) in [5, 5.41) is 9.22. The van der Waals surface area contributed by atoms with Crippen molar-refractivity contribution in [2.45, 2.75) is 45.8 Å². The van der Waals surface area contributed by atoms with Crippen molar-refractivity contribution in [2.75, 3.05) is 0 Å². The molecule has 3 atom stereocenters. The molecule has 1 aliphatic carbocycles. The Kier molecular flexibility index (Phi) is 4.00. The molecule has 2 rings (SSSR count). The average molecular weight is 235 g/mol. The molecular formula is C14H21NO2. The molecule has 1 aromatic rings. The summed E-state index contributed by atoms with van der Waals surface area (Å²) < 4.78 is 5.92. The van der Waals surface area contributed by atoms with Crippen molar-refractivity contribution in [1.82, 2.24) is 4.98 Å². The summed E-state index contributed by atoms with van der Waals surface area (Å²) in [6.45, 7) is 4.58. The number of aliphatic hydroxyl groups is 1. The SMILES string of the molecule is CC1CCC(Oc2ncccc2CO)CC1C. The van der Waals surface area contributed by atoms with Crippen molar-refractivity contribution in [3.63, 3.8) is 0 Å². The van der Waals surface area contributed by atoms with Gasteiger partial charge in [-0.3, -0.25) is 0 Å². The molecule has 3 heteroatoms. The van der Waals surface area contributed by atoms with Gasteiger partial charge in [0.25, 0.3) is 0 Å². The summed E-state index contributed by atoms with van der Waals surface area (Å²) in [7, 11) is 0. The van der Waals surface area contributed by atoms with Gasteiger partial charge in [-0.1, -0.05) is 13.8 Å². The van der Waals surface area contributed by atoms with Crippen LogP contribution in [0.15, 0.2) is 18.3 Å². The van der Waals surface area contributed by atoms with Crippen LogP contribution in [0.5, 0.6) is 5.88 Å². The largest absolute Gasteiger partial charge is 0.474 e. The summed E-state index contributed by atoms with van der Waals surface area (Å²) in [6.07, 6.45) is 5.35. The Morgan fingerprint density at radius 3 is 2.88 bits per heavy atom. The van der Waals surface area contributed by atoms with Crippen LogP contribution in [-0.2, 0) is 6.61 Å². The molecule has 0 saturated heterocycles.